The minimum atomic E-state index is -4.71. The molecule has 3 aromatic rings. The maximum Gasteiger partial charge on any atom is 0.573 e. The predicted molar refractivity (Wildman–Crippen MR) is 88.0 cm³/mol. The number of halogens is 3. The summed E-state index contributed by atoms with van der Waals surface area (Å²) in [5.74, 6) is 1.73. The second-order valence-electron chi connectivity index (χ2n) is 5.40. The van der Waals surface area contributed by atoms with Gasteiger partial charge in [0.05, 0.1) is 11.0 Å². The van der Waals surface area contributed by atoms with E-state index in [1.165, 1.54) is 24.3 Å². The van der Waals surface area contributed by atoms with Gasteiger partial charge in [-0.2, -0.15) is 0 Å². The van der Waals surface area contributed by atoms with Crippen LogP contribution >= 0.6 is 0 Å². The molecular formula is C18H17F3N2O2. The van der Waals surface area contributed by atoms with Crippen LogP contribution in [-0.4, -0.2) is 15.9 Å². The van der Waals surface area contributed by atoms with Gasteiger partial charge in [-0.05, 0) is 43.3 Å². The van der Waals surface area contributed by atoms with E-state index >= 15 is 0 Å². The number of aromatic nitrogens is 2. The summed E-state index contributed by atoms with van der Waals surface area (Å²) < 4.78 is 48.2. The lowest BCUT2D eigenvalue weighted by Crippen LogP contribution is -2.16. The van der Waals surface area contributed by atoms with Crippen molar-refractivity contribution in [2.24, 2.45) is 0 Å². The van der Waals surface area contributed by atoms with Crippen LogP contribution in [0.5, 0.6) is 17.2 Å². The molecule has 0 bridgehead atoms. The fourth-order valence-electron chi connectivity index (χ4n) is 2.68. The number of nitrogens with zero attached hydrogens (tertiary/aromatic N) is 2. The van der Waals surface area contributed by atoms with Crippen molar-refractivity contribution in [2.75, 3.05) is 0 Å². The van der Waals surface area contributed by atoms with E-state index in [2.05, 4.69) is 21.2 Å². The number of benzene rings is 2. The molecule has 0 atom stereocenters. The number of hydrogen-bond acceptors (Lipinski definition) is 3. The van der Waals surface area contributed by atoms with E-state index in [1.54, 1.807) is 6.07 Å². The Kier molecular flexibility index (Phi) is 4.57. The molecule has 0 saturated carbocycles. The molecule has 1 aromatic heterocycles. The zero-order chi connectivity index (χ0) is 18.0. The van der Waals surface area contributed by atoms with E-state index in [9.17, 15) is 13.2 Å². The number of ether oxygens (including phenoxy) is 2. The summed E-state index contributed by atoms with van der Waals surface area (Å²) in [6.45, 7) is 4.90. The summed E-state index contributed by atoms with van der Waals surface area (Å²) in [7, 11) is 0. The van der Waals surface area contributed by atoms with Crippen molar-refractivity contribution in [1.82, 2.24) is 9.55 Å². The van der Waals surface area contributed by atoms with Crippen LogP contribution in [0.4, 0.5) is 13.2 Å². The third kappa shape index (κ3) is 3.87. The van der Waals surface area contributed by atoms with Gasteiger partial charge in [0.2, 0.25) is 0 Å². The smallest absolute Gasteiger partial charge is 0.457 e. The molecule has 1 heterocycles. The molecule has 0 aliphatic heterocycles. The van der Waals surface area contributed by atoms with Crippen LogP contribution in [0.3, 0.4) is 0 Å². The number of aryl methyl sites for hydroxylation is 2. The Balaban J connectivity index is 1.83. The van der Waals surface area contributed by atoms with Crippen molar-refractivity contribution in [2.45, 2.75) is 33.2 Å². The quantitative estimate of drug-likeness (QED) is 0.626. The van der Waals surface area contributed by atoms with Gasteiger partial charge in [-0.1, -0.05) is 6.92 Å². The third-order valence-corrected chi connectivity index (χ3v) is 3.72. The highest BCUT2D eigenvalue weighted by atomic mass is 19.4. The maximum absolute atomic E-state index is 12.2. The Labute approximate surface area is 142 Å². The van der Waals surface area contributed by atoms with E-state index in [0.29, 0.717) is 11.5 Å². The molecule has 0 amide bonds. The van der Waals surface area contributed by atoms with Gasteiger partial charge in [0, 0.05) is 19.0 Å². The highest BCUT2D eigenvalue weighted by molar-refractivity contribution is 5.78. The first-order valence-electron chi connectivity index (χ1n) is 7.92. The molecule has 2 aromatic carbocycles. The molecule has 0 saturated heterocycles. The SMILES string of the molecule is CCc1nc2ccc(Oc3ccc(OC(F)(F)F)cc3)cc2n1CC. The fraction of sp³-hybridized carbons (Fsp3) is 0.278. The standard InChI is InChI=1S/C18H17F3N2O2/c1-3-17-22-15-10-9-14(11-16(15)23(17)4-2)24-12-5-7-13(8-6-12)25-18(19,20)21/h5-11H,3-4H2,1-2H3. The Morgan fingerprint density at radius 3 is 2.20 bits per heavy atom. The minimum Gasteiger partial charge on any atom is -0.457 e. The number of hydrogen-bond donors (Lipinski definition) is 0. The van der Waals surface area contributed by atoms with Crippen molar-refractivity contribution in [3.63, 3.8) is 0 Å². The molecule has 4 nitrogen and oxygen atoms in total. The van der Waals surface area contributed by atoms with Crippen molar-refractivity contribution in [3.8, 4) is 17.2 Å². The highest BCUT2D eigenvalue weighted by Crippen LogP contribution is 2.29. The maximum atomic E-state index is 12.2. The minimum absolute atomic E-state index is 0.285. The van der Waals surface area contributed by atoms with Crippen molar-refractivity contribution in [1.29, 1.82) is 0 Å². The van der Waals surface area contributed by atoms with Crippen LogP contribution in [-0.2, 0) is 13.0 Å². The monoisotopic (exact) mass is 350 g/mol. The Morgan fingerprint density at radius 2 is 1.60 bits per heavy atom. The Morgan fingerprint density at radius 1 is 0.960 bits per heavy atom. The van der Waals surface area contributed by atoms with Gasteiger partial charge in [0.15, 0.2) is 0 Å². The van der Waals surface area contributed by atoms with Gasteiger partial charge >= 0.3 is 6.36 Å². The van der Waals surface area contributed by atoms with Crippen LogP contribution in [0.2, 0.25) is 0 Å². The first-order valence-corrected chi connectivity index (χ1v) is 7.92. The summed E-state index contributed by atoms with van der Waals surface area (Å²) in [6, 6.07) is 10.8. The molecule has 0 fully saturated rings. The molecule has 0 aliphatic rings. The molecular weight excluding hydrogens is 333 g/mol. The van der Waals surface area contributed by atoms with E-state index in [1.807, 2.05) is 19.1 Å². The van der Waals surface area contributed by atoms with Crippen molar-refractivity contribution < 1.29 is 22.6 Å². The number of rotatable bonds is 5. The van der Waals surface area contributed by atoms with Crippen molar-refractivity contribution in [3.05, 3.63) is 48.3 Å². The predicted octanol–water partition coefficient (Wildman–Crippen LogP) is 5.31. The Bertz CT molecular complexity index is 870. The van der Waals surface area contributed by atoms with Crippen LogP contribution in [0.25, 0.3) is 11.0 Å². The molecule has 0 spiro atoms. The van der Waals surface area contributed by atoms with Gasteiger partial charge < -0.3 is 14.0 Å². The second-order valence-corrected chi connectivity index (χ2v) is 5.40. The molecule has 0 unspecified atom stereocenters. The molecule has 0 N–H and O–H groups in total. The lowest BCUT2D eigenvalue weighted by Gasteiger charge is -2.10. The van der Waals surface area contributed by atoms with Crippen LogP contribution in [0, 0.1) is 0 Å². The second kappa shape index (κ2) is 6.66. The van der Waals surface area contributed by atoms with E-state index in [0.717, 1.165) is 29.8 Å². The first kappa shape index (κ1) is 17.1. The van der Waals surface area contributed by atoms with Gasteiger partial charge in [0.1, 0.15) is 23.1 Å². The zero-order valence-corrected chi connectivity index (χ0v) is 13.8. The lowest BCUT2D eigenvalue weighted by atomic mass is 10.3. The molecule has 0 aliphatic carbocycles. The van der Waals surface area contributed by atoms with Gasteiger partial charge in [0.25, 0.3) is 0 Å². The van der Waals surface area contributed by atoms with Gasteiger partial charge in [-0.15, -0.1) is 13.2 Å². The van der Waals surface area contributed by atoms with E-state index in [4.69, 9.17) is 4.74 Å². The summed E-state index contributed by atoms with van der Waals surface area (Å²) >= 11 is 0. The zero-order valence-electron chi connectivity index (χ0n) is 13.8. The number of fused-ring (bicyclic) bond motifs is 1. The van der Waals surface area contributed by atoms with Crippen LogP contribution in [0.15, 0.2) is 42.5 Å². The van der Waals surface area contributed by atoms with Gasteiger partial charge in [-0.25, -0.2) is 4.98 Å². The van der Waals surface area contributed by atoms with Crippen LogP contribution < -0.4 is 9.47 Å². The normalized spacial score (nSPS) is 11.7. The molecule has 25 heavy (non-hydrogen) atoms. The van der Waals surface area contributed by atoms with Crippen molar-refractivity contribution >= 4 is 11.0 Å². The summed E-state index contributed by atoms with van der Waals surface area (Å²) in [5.41, 5.74) is 1.86. The first-order chi connectivity index (χ1) is 11.9. The topological polar surface area (TPSA) is 36.3 Å². The summed E-state index contributed by atoms with van der Waals surface area (Å²) in [6.07, 6.45) is -3.87. The average Bonchev–Trinajstić information content (AvgIpc) is 2.92. The molecule has 132 valence electrons. The molecule has 0 radical (unpaired) electrons. The highest BCUT2D eigenvalue weighted by Gasteiger charge is 2.30. The van der Waals surface area contributed by atoms with E-state index < -0.39 is 6.36 Å². The van der Waals surface area contributed by atoms with Crippen LogP contribution in [0.1, 0.15) is 19.7 Å². The lowest BCUT2D eigenvalue weighted by molar-refractivity contribution is -0.274. The number of alkyl halides is 3. The molecule has 7 heteroatoms. The summed E-state index contributed by atoms with van der Waals surface area (Å²) in [4.78, 5) is 4.58. The third-order valence-electron chi connectivity index (χ3n) is 3.72. The number of imidazole rings is 1. The summed E-state index contributed by atoms with van der Waals surface area (Å²) in [5, 5.41) is 0. The Hall–Kier alpha value is -2.70. The van der Waals surface area contributed by atoms with Gasteiger partial charge in [-0.3, -0.25) is 0 Å². The van der Waals surface area contributed by atoms with E-state index in [-0.39, 0.29) is 5.75 Å². The largest absolute Gasteiger partial charge is 0.573 e. The molecule has 3 rings (SSSR count). The average molecular weight is 350 g/mol. The fourth-order valence-corrected chi connectivity index (χ4v) is 2.68.